The second kappa shape index (κ2) is 8.67. The number of nitrogens with zero attached hydrogens (tertiary/aromatic N) is 2. The van der Waals surface area contributed by atoms with E-state index in [1.54, 1.807) is 24.4 Å². The van der Waals surface area contributed by atoms with Gasteiger partial charge in [-0.25, -0.2) is 0 Å². The Labute approximate surface area is 128 Å². The Hall–Kier alpha value is -0.560. The van der Waals surface area contributed by atoms with Gasteiger partial charge in [-0.3, -0.25) is 9.88 Å². The lowest BCUT2D eigenvalue weighted by atomic mass is 10.1. The second-order valence-corrected chi connectivity index (χ2v) is 4.38. The molecule has 3 nitrogen and oxygen atoms in total. The maximum atomic E-state index is 12.7. The molecule has 1 aromatic heterocycles. The minimum atomic E-state index is -4.17. The van der Waals surface area contributed by atoms with Gasteiger partial charge in [0.15, 0.2) is 0 Å². The van der Waals surface area contributed by atoms with Gasteiger partial charge in [0.2, 0.25) is 0 Å². The van der Waals surface area contributed by atoms with Crippen LogP contribution in [0, 0.1) is 0 Å². The molecule has 1 N–H and O–H groups in total. The minimum Gasteiger partial charge on any atom is -0.314 e. The van der Waals surface area contributed by atoms with E-state index in [-0.39, 0.29) is 24.8 Å². The number of rotatable bonds is 3. The van der Waals surface area contributed by atoms with Crippen LogP contribution in [0.4, 0.5) is 13.2 Å². The van der Waals surface area contributed by atoms with Crippen molar-refractivity contribution >= 4 is 24.8 Å². The Morgan fingerprint density at radius 2 is 1.85 bits per heavy atom. The Morgan fingerprint density at radius 3 is 2.35 bits per heavy atom. The predicted molar refractivity (Wildman–Crippen MR) is 76.6 cm³/mol. The monoisotopic (exact) mass is 331 g/mol. The second-order valence-electron chi connectivity index (χ2n) is 4.38. The highest BCUT2D eigenvalue weighted by atomic mass is 35.5. The van der Waals surface area contributed by atoms with Crippen molar-refractivity contribution in [2.75, 3.05) is 26.2 Å². The van der Waals surface area contributed by atoms with Crippen LogP contribution in [-0.2, 0) is 0 Å². The summed E-state index contributed by atoms with van der Waals surface area (Å²) < 4.78 is 38.0. The van der Waals surface area contributed by atoms with Crippen LogP contribution in [-0.4, -0.2) is 42.2 Å². The van der Waals surface area contributed by atoms with Gasteiger partial charge in [-0.1, -0.05) is 6.07 Å². The van der Waals surface area contributed by atoms with E-state index in [0.717, 1.165) is 13.1 Å². The average Bonchev–Trinajstić information content (AvgIpc) is 2.37. The molecule has 2 heterocycles. The van der Waals surface area contributed by atoms with Crippen molar-refractivity contribution in [1.82, 2.24) is 15.2 Å². The lowest BCUT2D eigenvalue weighted by Crippen LogP contribution is -2.46. The van der Waals surface area contributed by atoms with E-state index in [2.05, 4.69) is 10.3 Å². The molecular formula is C12H18Cl2F3N3. The highest BCUT2D eigenvalue weighted by molar-refractivity contribution is 5.85. The molecule has 116 valence electrons. The van der Waals surface area contributed by atoms with Crippen LogP contribution < -0.4 is 5.32 Å². The first kappa shape index (κ1) is 19.4. The van der Waals surface area contributed by atoms with Gasteiger partial charge in [0, 0.05) is 32.4 Å². The van der Waals surface area contributed by atoms with E-state index in [1.807, 2.05) is 4.90 Å². The zero-order valence-electron chi connectivity index (χ0n) is 10.8. The molecular weight excluding hydrogens is 314 g/mol. The van der Waals surface area contributed by atoms with Gasteiger partial charge in [0.05, 0.1) is 18.2 Å². The number of hydrogen-bond donors (Lipinski definition) is 1. The molecule has 1 saturated heterocycles. The number of halogens is 5. The third-order valence-corrected chi connectivity index (χ3v) is 3.05. The molecule has 0 bridgehead atoms. The fourth-order valence-electron chi connectivity index (χ4n) is 2.21. The molecule has 0 spiro atoms. The third-order valence-electron chi connectivity index (χ3n) is 3.05. The molecule has 0 amide bonds. The molecule has 0 aromatic carbocycles. The minimum absolute atomic E-state index is 0. The van der Waals surface area contributed by atoms with Crippen molar-refractivity contribution in [3.63, 3.8) is 0 Å². The van der Waals surface area contributed by atoms with Gasteiger partial charge >= 0.3 is 6.18 Å². The zero-order chi connectivity index (χ0) is 13.0. The SMILES string of the molecule is Cl.Cl.FC(F)(F)C[C@@H](c1ccccn1)N1CCNCC1. The number of aromatic nitrogens is 1. The number of pyridine rings is 1. The van der Waals surface area contributed by atoms with Crippen molar-refractivity contribution < 1.29 is 13.2 Å². The zero-order valence-corrected chi connectivity index (χ0v) is 12.4. The quantitative estimate of drug-likeness (QED) is 0.923. The van der Waals surface area contributed by atoms with Crippen LogP contribution >= 0.6 is 24.8 Å². The molecule has 0 radical (unpaired) electrons. The fourth-order valence-corrected chi connectivity index (χ4v) is 2.21. The molecule has 2 rings (SSSR count). The Balaban J connectivity index is 0.00000180. The summed E-state index contributed by atoms with van der Waals surface area (Å²) in [5.74, 6) is 0. The summed E-state index contributed by atoms with van der Waals surface area (Å²) in [6, 6.07) is 4.44. The number of nitrogens with one attached hydrogen (secondary N) is 1. The van der Waals surface area contributed by atoms with Crippen molar-refractivity contribution in [3.8, 4) is 0 Å². The summed E-state index contributed by atoms with van der Waals surface area (Å²) in [5, 5.41) is 3.14. The van der Waals surface area contributed by atoms with Crippen LogP contribution in [0.25, 0.3) is 0 Å². The van der Waals surface area contributed by atoms with Crippen molar-refractivity contribution in [2.24, 2.45) is 0 Å². The van der Waals surface area contributed by atoms with E-state index < -0.39 is 18.6 Å². The van der Waals surface area contributed by atoms with Crippen LogP contribution in [0.15, 0.2) is 24.4 Å². The summed E-state index contributed by atoms with van der Waals surface area (Å²) in [4.78, 5) is 5.93. The Morgan fingerprint density at radius 1 is 1.20 bits per heavy atom. The molecule has 0 aliphatic carbocycles. The van der Waals surface area contributed by atoms with Gasteiger partial charge in [0.1, 0.15) is 0 Å². The number of alkyl halides is 3. The first-order chi connectivity index (χ1) is 8.56. The molecule has 1 atom stereocenters. The molecule has 1 aromatic rings. The standard InChI is InChI=1S/C12H16F3N3.2ClH/c13-12(14,15)9-11(10-3-1-2-4-17-10)18-7-5-16-6-8-18;;/h1-4,11,16H,5-9H2;2*1H/t11-;;/m0../s1. The van der Waals surface area contributed by atoms with Crippen LogP contribution in [0.5, 0.6) is 0 Å². The summed E-state index contributed by atoms with van der Waals surface area (Å²) >= 11 is 0. The van der Waals surface area contributed by atoms with E-state index in [4.69, 9.17) is 0 Å². The first-order valence-corrected chi connectivity index (χ1v) is 5.99. The molecule has 1 aliphatic heterocycles. The number of piperazine rings is 1. The summed E-state index contributed by atoms with van der Waals surface area (Å²) in [6.45, 7) is 2.69. The van der Waals surface area contributed by atoms with Crippen molar-refractivity contribution in [1.29, 1.82) is 0 Å². The van der Waals surface area contributed by atoms with Crippen LogP contribution in [0.1, 0.15) is 18.2 Å². The predicted octanol–water partition coefficient (Wildman–Crippen LogP) is 2.82. The van der Waals surface area contributed by atoms with Gasteiger partial charge in [-0.2, -0.15) is 13.2 Å². The largest absolute Gasteiger partial charge is 0.391 e. The van der Waals surface area contributed by atoms with E-state index in [0.29, 0.717) is 18.8 Å². The van der Waals surface area contributed by atoms with Crippen LogP contribution in [0.3, 0.4) is 0 Å². The molecule has 0 saturated carbocycles. The molecule has 20 heavy (non-hydrogen) atoms. The van der Waals surface area contributed by atoms with Gasteiger partial charge in [-0.15, -0.1) is 24.8 Å². The maximum Gasteiger partial charge on any atom is 0.391 e. The van der Waals surface area contributed by atoms with Crippen LogP contribution in [0.2, 0.25) is 0 Å². The molecule has 8 heteroatoms. The lowest BCUT2D eigenvalue weighted by Gasteiger charge is -2.35. The van der Waals surface area contributed by atoms with Gasteiger partial charge < -0.3 is 5.32 Å². The topological polar surface area (TPSA) is 28.2 Å². The smallest absolute Gasteiger partial charge is 0.314 e. The fraction of sp³-hybridized carbons (Fsp3) is 0.583. The lowest BCUT2D eigenvalue weighted by molar-refractivity contribution is -0.149. The van der Waals surface area contributed by atoms with Crippen molar-refractivity contribution in [2.45, 2.75) is 18.6 Å². The van der Waals surface area contributed by atoms with E-state index in [1.165, 1.54) is 0 Å². The summed E-state index contributed by atoms with van der Waals surface area (Å²) in [7, 11) is 0. The Bertz CT molecular complexity index is 370. The molecule has 0 unspecified atom stereocenters. The highest BCUT2D eigenvalue weighted by Crippen LogP contribution is 2.32. The van der Waals surface area contributed by atoms with Crippen molar-refractivity contribution in [3.05, 3.63) is 30.1 Å². The first-order valence-electron chi connectivity index (χ1n) is 5.99. The average molecular weight is 332 g/mol. The number of hydrogen-bond acceptors (Lipinski definition) is 3. The van der Waals surface area contributed by atoms with E-state index in [9.17, 15) is 13.2 Å². The third kappa shape index (κ3) is 5.83. The van der Waals surface area contributed by atoms with Gasteiger partial charge in [-0.05, 0) is 12.1 Å². The van der Waals surface area contributed by atoms with Gasteiger partial charge in [0.25, 0.3) is 0 Å². The molecule has 1 fully saturated rings. The summed E-state index contributed by atoms with van der Waals surface area (Å²) in [5.41, 5.74) is 0.497. The maximum absolute atomic E-state index is 12.7. The summed E-state index contributed by atoms with van der Waals surface area (Å²) in [6.07, 6.45) is -3.47. The normalized spacial score (nSPS) is 17.8. The highest BCUT2D eigenvalue weighted by Gasteiger charge is 2.36. The molecule has 1 aliphatic rings. The van der Waals surface area contributed by atoms with E-state index >= 15 is 0 Å². The Kier molecular flexibility index (Phi) is 8.42.